The molecule has 2 heterocycles. The molecule has 0 unspecified atom stereocenters. The maximum absolute atomic E-state index is 13.2. The van der Waals surface area contributed by atoms with Gasteiger partial charge in [0.05, 0.1) is 11.9 Å². The van der Waals surface area contributed by atoms with Crippen LogP contribution in [0.2, 0.25) is 0 Å². The van der Waals surface area contributed by atoms with Gasteiger partial charge in [0.1, 0.15) is 16.5 Å². The van der Waals surface area contributed by atoms with E-state index in [9.17, 15) is 9.18 Å². The van der Waals surface area contributed by atoms with Gasteiger partial charge < -0.3 is 10.3 Å². The van der Waals surface area contributed by atoms with E-state index in [4.69, 9.17) is 0 Å². The van der Waals surface area contributed by atoms with Gasteiger partial charge in [-0.1, -0.05) is 18.2 Å². The molecule has 0 bridgehead atoms. The Bertz CT molecular complexity index is 1160. The summed E-state index contributed by atoms with van der Waals surface area (Å²) in [5, 5.41) is 5.74. The minimum absolute atomic E-state index is 0.183. The molecular formula is C21H18FN3OS. The second-order valence-corrected chi connectivity index (χ2v) is 7.44. The van der Waals surface area contributed by atoms with Crippen LogP contribution in [0.15, 0.2) is 52.6 Å². The van der Waals surface area contributed by atoms with Gasteiger partial charge in [0, 0.05) is 16.6 Å². The van der Waals surface area contributed by atoms with Crippen LogP contribution in [0.25, 0.3) is 21.3 Å². The Labute approximate surface area is 159 Å². The van der Waals surface area contributed by atoms with Crippen LogP contribution in [0.3, 0.4) is 0 Å². The zero-order valence-corrected chi connectivity index (χ0v) is 15.8. The lowest BCUT2D eigenvalue weighted by Gasteiger charge is -2.08. The second-order valence-electron chi connectivity index (χ2n) is 6.58. The number of aromatic amines is 1. The van der Waals surface area contributed by atoms with Crippen LogP contribution in [-0.4, -0.2) is 9.97 Å². The van der Waals surface area contributed by atoms with Crippen molar-refractivity contribution in [2.75, 3.05) is 5.32 Å². The van der Waals surface area contributed by atoms with Gasteiger partial charge in [0.2, 0.25) is 0 Å². The van der Waals surface area contributed by atoms with Crippen molar-refractivity contribution in [3.05, 3.63) is 81.0 Å². The Morgan fingerprint density at radius 2 is 1.81 bits per heavy atom. The van der Waals surface area contributed by atoms with Gasteiger partial charge in [-0.2, -0.15) is 0 Å². The molecule has 6 heteroatoms. The number of rotatable bonds is 4. The lowest BCUT2D eigenvalue weighted by molar-refractivity contribution is 0.628. The van der Waals surface area contributed by atoms with E-state index in [0.29, 0.717) is 22.6 Å². The van der Waals surface area contributed by atoms with Crippen molar-refractivity contribution in [2.45, 2.75) is 20.4 Å². The lowest BCUT2D eigenvalue weighted by atomic mass is 10.1. The third kappa shape index (κ3) is 3.61. The van der Waals surface area contributed by atoms with Crippen molar-refractivity contribution in [1.82, 2.24) is 9.97 Å². The number of nitrogens with zero attached hydrogens (tertiary/aromatic N) is 1. The van der Waals surface area contributed by atoms with Crippen molar-refractivity contribution in [1.29, 1.82) is 0 Å². The maximum Gasteiger partial charge on any atom is 0.260 e. The van der Waals surface area contributed by atoms with E-state index in [2.05, 4.69) is 33.5 Å². The number of nitrogens with one attached hydrogen (secondary N) is 2. The Balaban J connectivity index is 1.64. The molecule has 27 heavy (non-hydrogen) atoms. The highest BCUT2D eigenvalue weighted by Gasteiger charge is 2.13. The molecule has 4 aromatic rings. The third-order valence-corrected chi connectivity index (χ3v) is 5.20. The largest absolute Gasteiger partial charge is 0.378 e. The zero-order valence-electron chi connectivity index (χ0n) is 15.0. The minimum atomic E-state index is -0.301. The van der Waals surface area contributed by atoms with Crippen molar-refractivity contribution >= 4 is 27.2 Å². The van der Waals surface area contributed by atoms with Gasteiger partial charge in [0.25, 0.3) is 5.56 Å². The molecule has 4 nitrogen and oxygen atoms in total. The summed E-state index contributed by atoms with van der Waals surface area (Å²) in [6.45, 7) is 4.53. The first kappa shape index (κ1) is 17.4. The monoisotopic (exact) mass is 379 g/mol. The van der Waals surface area contributed by atoms with Crippen molar-refractivity contribution in [3.63, 3.8) is 0 Å². The first-order valence-electron chi connectivity index (χ1n) is 8.58. The highest BCUT2D eigenvalue weighted by atomic mass is 32.1. The number of aromatic nitrogens is 2. The third-order valence-electron chi connectivity index (χ3n) is 4.33. The molecule has 2 aromatic heterocycles. The number of fused-ring (bicyclic) bond motifs is 1. The molecule has 4 rings (SSSR count). The fourth-order valence-electron chi connectivity index (χ4n) is 3.18. The number of halogens is 1. The highest BCUT2D eigenvalue weighted by molar-refractivity contribution is 7.17. The summed E-state index contributed by atoms with van der Waals surface area (Å²) in [6, 6.07) is 12.4. The molecule has 0 amide bonds. The highest BCUT2D eigenvalue weighted by Crippen LogP contribution is 2.30. The van der Waals surface area contributed by atoms with Gasteiger partial charge in [-0.15, -0.1) is 11.3 Å². The summed E-state index contributed by atoms with van der Waals surface area (Å²) in [6.07, 6.45) is 0. The summed E-state index contributed by atoms with van der Waals surface area (Å²) in [5.74, 6) is 0.282. The van der Waals surface area contributed by atoms with Crippen LogP contribution in [0.1, 0.15) is 17.0 Å². The molecule has 0 aliphatic carbocycles. The van der Waals surface area contributed by atoms with Gasteiger partial charge in [-0.3, -0.25) is 4.79 Å². The minimum Gasteiger partial charge on any atom is -0.378 e. The quantitative estimate of drug-likeness (QED) is 0.523. The summed E-state index contributed by atoms with van der Waals surface area (Å²) >= 11 is 1.42. The van der Waals surface area contributed by atoms with E-state index in [1.165, 1.54) is 34.6 Å². The van der Waals surface area contributed by atoms with Gasteiger partial charge in [0.15, 0.2) is 0 Å². The molecule has 0 aliphatic rings. The summed E-state index contributed by atoms with van der Waals surface area (Å²) in [5.41, 5.74) is 4.74. The average Bonchev–Trinajstić information content (AvgIpc) is 3.04. The van der Waals surface area contributed by atoms with Gasteiger partial charge >= 0.3 is 0 Å². The van der Waals surface area contributed by atoms with E-state index in [1.807, 2.05) is 19.2 Å². The predicted octanol–water partition coefficient (Wildman–Crippen LogP) is 5.02. The molecule has 0 saturated carbocycles. The number of hydrogen-bond acceptors (Lipinski definition) is 4. The number of thiophene rings is 1. The van der Waals surface area contributed by atoms with E-state index in [0.717, 1.165) is 16.8 Å². The predicted molar refractivity (Wildman–Crippen MR) is 109 cm³/mol. The summed E-state index contributed by atoms with van der Waals surface area (Å²) in [4.78, 5) is 20.8. The Kier molecular flexibility index (Phi) is 4.49. The first-order chi connectivity index (χ1) is 13.0. The van der Waals surface area contributed by atoms with Crippen molar-refractivity contribution in [2.24, 2.45) is 0 Å². The molecule has 0 spiro atoms. The standard InChI is InChI=1S/C21H18FN3OS/c1-12-7-13(2)9-16(8-12)23-10-18-24-20(26)19-17(11-27-21(19)25-18)14-3-5-15(22)6-4-14/h3-9,11,23H,10H2,1-2H3,(H,24,25,26). The Morgan fingerprint density at radius 1 is 1.11 bits per heavy atom. The molecule has 136 valence electrons. The number of benzene rings is 2. The molecule has 0 fully saturated rings. The fraction of sp³-hybridized carbons (Fsp3) is 0.143. The molecule has 0 aliphatic heterocycles. The van der Waals surface area contributed by atoms with E-state index < -0.39 is 0 Å². The fourth-order valence-corrected chi connectivity index (χ4v) is 4.15. The van der Waals surface area contributed by atoms with Gasteiger partial charge in [-0.25, -0.2) is 9.37 Å². The van der Waals surface area contributed by atoms with Crippen LogP contribution in [0.5, 0.6) is 0 Å². The number of anilines is 1. The smallest absolute Gasteiger partial charge is 0.260 e. The molecule has 0 radical (unpaired) electrons. The van der Waals surface area contributed by atoms with Crippen LogP contribution in [0, 0.1) is 19.7 Å². The summed E-state index contributed by atoms with van der Waals surface area (Å²) in [7, 11) is 0. The van der Waals surface area contributed by atoms with Crippen molar-refractivity contribution < 1.29 is 4.39 Å². The van der Waals surface area contributed by atoms with Crippen LogP contribution in [0.4, 0.5) is 10.1 Å². The van der Waals surface area contributed by atoms with E-state index >= 15 is 0 Å². The van der Waals surface area contributed by atoms with Crippen LogP contribution < -0.4 is 10.9 Å². The van der Waals surface area contributed by atoms with Gasteiger partial charge in [-0.05, 0) is 54.8 Å². The molecule has 2 N–H and O–H groups in total. The number of H-pyrrole nitrogens is 1. The van der Waals surface area contributed by atoms with Crippen LogP contribution >= 0.6 is 11.3 Å². The van der Waals surface area contributed by atoms with E-state index in [1.54, 1.807) is 12.1 Å². The normalized spacial score (nSPS) is 11.1. The molecule has 0 saturated heterocycles. The average molecular weight is 379 g/mol. The number of hydrogen-bond donors (Lipinski definition) is 2. The van der Waals surface area contributed by atoms with Crippen LogP contribution in [-0.2, 0) is 6.54 Å². The zero-order chi connectivity index (χ0) is 19.0. The topological polar surface area (TPSA) is 57.8 Å². The SMILES string of the molecule is Cc1cc(C)cc(NCc2nc3scc(-c4ccc(F)cc4)c3c(=O)[nH]2)c1. The first-order valence-corrected chi connectivity index (χ1v) is 9.46. The Hall–Kier alpha value is -2.99. The van der Waals surface area contributed by atoms with Crippen molar-refractivity contribution in [3.8, 4) is 11.1 Å². The number of aryl methyl sites for hydroxylation is 2. The summed E-state index contributed by atoms with van der Waals surface area (Å²) < 4.78 is 13.2. The maximum atomic E-state index is 13.2. The molecule has 2 aromatic carbocycles. The second kappa shape index (κ2) is 6.96. The Morgan fingerprint density at radius 3 is 2.52 bits per heavy atom. The molecule has 0 atom stereocenters. The van der Waals surface area contributed by atoms with E-state index in [-0.39, 0.29) is 11.4 Å². The molecular weight excluding hydrogens is 361 g/mol. The lowest BCUT2D eigenvalue weighted by Crippen LogP contribution is -2.14.